The van der Waals surface area contributed by atoms with E-state index in [-0.39, 0.29) is 16.8 Å². The summed E-state index contributed by atoms with van der Waals surface area (Å²) in [6.45, 7) is 0. The Bertz CT molecular complexity index is 1010. The zero-order valence-electron chi connectivity index (χ0n) is 16.7. The number of ether oxygens (including phenoxy) is 1. The molecule has 2 aromatic rings. The van der Waals surface area contributed by atoms with Gasteiger partial charge in [0.25, 0.3) is 11.6 Å². The Morgan fingerprint density at radius 1 is 1.17 bits per heavy atom. The van der Waals surface area contributed by atoms with E-state index in [9.17, 15) is 19.7 Å². The molecule has 158 valence electrons. The number of anilines is 1. The first-order chi connectivity index (χ1) is 14.4. The second kappa shape index (κ2) is 8.14. The van der Waals surface area contributed by atoms with Crippen LogP contribution in [-0.2, 0) is 17.6 Å². The Labute approximate surface area is 177 Å². The summed E-state index contributed by atoms with van der Waals surface area (Å²) in [6, 6.07) is 3.53. The van der Waals surface area contributed by atoms with Crippen molar-refractivity contribution >= 4 is 34.0 Å². The van der Waals surface area contributed by atoms with Gasteiger partial charge >= 0.3 is 5.97 Å². The van der Waals surface area contributed by atoms with Crippen molar-refractivity contribution in [3.63, 3.8) is 0 Å². The molecule has 4 rings (SSSR count). The van der Waals surface area contributed by atoms with Crippen LogP contribution in [0.1, 0.15) is 69.8 Å². The number of amides is 1. The van der Waals surface area contributed by atoms with E-state index in [1.807, 2.05) is 0 Å². The number of rotatable bonds is 4. The van der Waals surface area contributed by atoms with E-state index in [2.05, 4.69) is 15.0 Å². The SMILES string of the molecule is COC(=O)c1cc(C(=O)Nc2nc3c(s2)CC2(CCCCC2)CC3)cc([N+](=O)[O-])c1. The summed E-state index contributed by atoms with van der Waals surface area (Å²) in [5.41, 5.74) is 1.05. The Morgan fingerprint density at radius 3 is 2.60 bits per heavy atom. The van der Waals surface area contributed by atoms with Gasteiger partial charge in [0.15, 0.2) is 5.13 Å². The normalized spacial score (nSPS) is 17.2. The maximum absolute atomic E-state index is 12.7. The average Bonchev–Trinajstić information content (AvgIpc) is 3.14. The second-order valence-electron chi connectivity index (χ2n) is 8.10. The molecule has 1 saturated carbocycles. The van der Waals surface area contributed by atoms with E-state index in [1.54, 1.807) is 0 Å². The Kier molecular flexibility index (Phi) is 5.55. The highest BCUT2D eigenvalue weighted by molar-refractivity contribution is 7.15. The molecule has 1 amide bonds. The van der Waals surface area contributed by atoms with Crippen LogP contribution < -0.4 is 5.32 Å². The maximum Gasteiger partial charge on any atom is 0.338 e. The van der Waals surface area contributed by atoms with Gasteiger partial charge in [-0.2, -0.15) is 0 Å². The minimum absolute atomic E-state index is 0.0153. The van der Waals surface area contributed by atoms with Crippen LogP contribution in [-0.4, -0.2) is 28.9 Å². The van der Waals surface area contributed by atoms with E-state index in [0.717, 1.165) is 37.1 Å². The molecule has 0 bridgehead atoms. The molecule has 1 aromatic heterocycles. The van der Waals surface area contributed by atoms with Gasteiger partial charge in [0.05, 0.1) is 23.3 Å². The number of nitrogens with zero attached hydrogens (tertiary/aromatic N) is 2. The van der Waals surface area contributed by atoms with Crippen molar-refractivity contribution in [2.75, 3.05) is 12.4 Å². The highest BCUT2D eigenvalue weighted by atomic mass is 32.1. The van der Waals surface area contributed by atoms with E-state index in [4.69, 9.17) is 0 Å². The summed E-state index contributed by atoms with van der Waals surface area (Å²) >= 11 is 1.48. The van der Waals surface area contributed by atoms with Gasteiger partial charge in [0.1, 0.15) is 0 Å². The van der Waals surface area contributed by atoms with Gasteiger partial charge in [-0.15, -0.1) is 11.3 Å². The minimum atomic E-state index is -0.741. The third-order valence-corrected chi connectivity index (χ3v) is 7.17. The van der Waals surface area contributed by atoms with Crippen molar-refractivity contribution in [2.45, 2.75) is 51.4 Å². The zero-order valence-corrected chi connectivity index (χ0v) is 17.5. The Hall–Kier alpha value is -2.81. The molecule has 0 aliphatic heterocycles. The molecule has 8 nitrogen and oxygen atoms in total. The average molecular weight is 429 g/mol. The van der Waals surface area contributed by atoms with Gasteiger partial charge < -0.3 is 4.74 Å². The fourth-order valence-corrected chi connectivity index (χ4v) is 5.74. The zero-order chi connectivity index (χ0) is 21.3. The lowest BCUT2D eigenvalue weighted by Gasteiger charge is -2.39. The number of aromatic nitrogens is 1. The van der Waals surface area contributed by atoms with Gasteiger partial charge in [-0.1, -0.05) is 19.3 Å². The number of benzene rings is 1. The highest BCUT2D eigenvalue weighted by Gasteiger charge is 2.37. The minimum Gasteiger partial charge on any atom is -0.465 e. The number of carbonyl (C=O) groups excluding carboxylic acids is 2. The molecule has 2 aliphatic rings. The van der Waals surface area contributed by atoms with E-state index in [1.165, 1.54) is 61.5 Å². The van der Waals surface area contributed by atoms with Gasteiger partial charge in [0, 0.05) is 22.6 Å². The van der Waals surface area contributed by atoms with Gasteiger partial charge in [0.2, 0.25) is 0 Å². The standard InChI is InChI=1S/C21H23N3O5S/c1-29-19(26)14-9-13(10-15(11-14)24(27)28)18(25)23-20-22-16-5-8-21(12-17(16)30-20)6-3-2-4-7-21/h9-11H,2-8,12H2,1H3,(H,22,23,25). The summed E-state index contributed by atoms with van der Waals surface area (Å²) in [5, 5.41) is 14.4. The fourth-order valence-electron chi connectivity index (χ4n) is 4.56. The highest BCUT2D eigenvalue weighted by Crippen LogP contribution is 2.47. The van der Waals surface area contributed by atoms with Crippen LogP contribution in [0.5, 0.6) is 0 Å². The lowest BCUT2D eigenvalue weighted by molar-refractivity contribution is -0.384. The summed E-state index contributed by atoms with van der Waals surface area (Å²) in [7, 11) is 1.18. The predicted molar refractivity (Wildman–Crippen MR) is 112 cm³/mol. The monoisotopic (exact) mass is 429 g/mol. The largest absolute Gasteiger partial charge is 0.465 e. The topological polar surface area (TPSA) is 111 Å². The maximum atomic E-state index is 12.7. The quantitative estimate of drug-likeness (QED) is 0.434. The molecule has 1 heterocycles. The van der Waals surface area contributed by atoms with E-state index in [0.29, 0.717) is 10.5 Å². The summed E-state index contributed by atoms with van der Waals surface area (Å²) in [6.07, 6.45) is 9.48. The first-order valence-electron chi connectivity index (χ1n) is 10.1. The molecule has 30 heavy (non-hydrogen) atoms. The molecule has 1 spiro atoms. The van der Waals surface area contributed by atoms with Crippen molar-refractivity contribution in [3.8, 4) is 0 Å². The first-order valence-corrected chi connectivity index (χ1v) is 10.9. The predicted octanol–water partition coefficient (Wildman–Crippen LogP) is 4.53. The Balaban J connectivity index is 1.54. The number of thiazole rings is 1. The number of hydrogen-bond acceptors (Lipinski definition) is 7. The van der Waals surface area contributed by atoms with Crippen LogP contribution in [0.15, 0.2) is 18.2 Å². The fraction of sp³-hybridized carbons (Fsp3) is 0.476. The molecule has 0 atom stereocenters. The summed E-state index contributed by atoms with van der Waals surface area (Å²) in [5.74, 6) is -1.28. The lowest BCUT2D eigenvalue weighted by Crippen LogP contribution is -2.30. The molecule has 0 unspecified atom stereocenters. The molecule has 1 aromatic carbocycles. The smallest absolute Gasteiger partial charge is 0.338 e. The number of fused-ring (bicyclic) bond motifs is 1. The molecule has 9 heteroatoms. The number of methoxy groups -OCH3 is 1. The number of nitrogens with one attached hydrogen (secondary N) is 1. The lowest BCUT2D eigenvalue weighted by atomic mass is 9.66. The van der Waals surface area contributed by atoms with Crippen molar-refractivity contribution < 1.29 is 19.2 Å². The summed E-state index contributed by atoms with van der Waals surface area (Å²) in [4.78, 5) is 40.9. The number of non-ortho nitro benzene ring substituents is 1. The number of esters is 1. The first kappa shape index (κ1) is 20.5. The second-order valence-corrected chi connectivity index (χ2v) is 9.18. The van der Waals surface area contributed by atoms with Crippen molar-refractivity contribution in [1.29, 1.82) is 0 Å². The van der Waals surface area contributed by atoms with Gasteiger partial charge in [-0.05, 0) is 43.6 Å². The summed E-state index contributed by atoms with van der Waals surface area (Å²) < 4.78 is 4.63. The number of hydrogen-bond donors (Lipinski definition) is 1. The molecule has 2 aliphatic carbocycles. The molecule has 1 fully saturated rings. The third-order valence-electron chi connectivity index (χ3n) is 6.15. The molecule has 0 saturated heterocycles. The number of nitro groups is 1. The molecular formula is C21H23N3O5S. The van der Waals surface area contributed by atoms with Crippen LogP contribution in [0.4, 0.5) is 10.8 Å². The van der Waals surface area contributed by atoms with Crippen LogP contribution in [0.3, 0.4) is 0 Å². The van der Waals surface area contributed by atoms with Gasteiger partial charge in [-0.25, -0.2) is 9.78 Å². The van der Waals surface area contributed by atoms with Crippen LogP contribution >= 0.6 is 11.3 Å². The number of aryl methyl sites for hydroxylation is 1. The van der Waals surface area contributed by atoms with Crippen LogP contribution in [0.2, 0.25) is 0 Å². The molecule has 1 N–H and O–H groups in total. The van der Waals surface area contributed by atoms with Crippen molar-refractivity contribution in [2.24, 2.45) is 5.41 Å². The van der Waals surface area contributed by atoms with Gasteiger partial charge in [-0.3, -0.25) is 20.2 Å². The molecular weight excluding hydrogens is 406 g/mol. The van der Waals surface area contributed by atoms with E-state index < -0.39 is 16.8 Å². The molecule has 0 radical (unpaired) electrons. The van der Waals surface area contributed by atoms with Crippen LogP contribution in [0, 0.1) is 15.5 Å². The van der Waals surface area contributed by atoms with E-state index >= 15 is 0 Å². The Morgan fingerprint density at radius 2 is 1.90 bits per heavy atom. The number of nitro benzene ring substituents is 1. The van der Waals surface area contributed by atoms with Crippen LogP contribution in [0.25, 0.3) is 0 Å². The van der Waals surface area contributed by atoms with Crippen molar-refractivity contribution in [1.82, 2.24) is 4.98 Å². The third kappa shape index (κ3) is 4.07. The number of carbonyl (C=O) groups is 2. The van der Waals surface area contributed by atoms with Crippen molar-refractivity contribution in [3.05, 3.63) is 50.0 Å².